The summed E-state index contributed by atoms with van der Waals surface area (Å²) in [6.45, 7) is 4.02. The number of carbonyl (C=O) groups excluding carboxylic acids is 1. The van der Waals surface area contributed by atoms with E-state index >= 15 is 0 Å². The molecule has 2 heterocycles. The summed E-state index contributed by atoms with van der Waals surface area (Å²) in [6, 6.07) is 12.1. The second-order valence-electron chi connectivity index (χ2n) is 6.49. The van der Waals surface area contributed by atoms with Gasteiger partial charge in [0.1, 0.15) is 5.82 Å². The third-order valence-corrected chi connectivity index (χ3v) is 5.53. The molecule has 1 amide bonds. The summed E-state index contributed by atoms with van der Waals surface area (Å²) in [7, 11) is 0. The zero-order valence-corrected chi connectivity index (χ0v) is 15.8. The van der Waals surface area contributed by atoms with E-state index in [1.807, 2.05) is 48.0 Å². The van der Waals surface area contributed by atoms with Crippen LogP contribution in [0.5, 0.6) is 0 Å². The molecule has 0 atom stereocenters. The fourth-order valence-electron chi connectivity index (χ4n) is 2.96. The van der Waals surface area contributed by atoms with Crippen LogP contribution in [-0.4, -0.2) is 15.3 Å². The van der Waals surface area contributed by atoms with Gasteiger partial charge >= 0.3 is 0 Å². The van der Waals surface area contributed by atoms with Crippen LogP contribution in [0.25, 0.3) is 16.2 Å². The Bertz CT molecular complexity index is 1130. The van der Waals surface area contributed by atoms with Gasteiger partial charge in [0, 0.05) is 28.5 Å². The van der Waals surface area contributed by atoms with Crippen molar-refractivity contribution in [2.24, 2.45) is 0 Å². The van der Waals surface area contributed by atoms with Crippen molar-refractivity contribution in [2.45, 2.75) is 20.3 Å². The highest BCUT2D eigenvalue weighted by atomic mass is 32.1. The van der Waals surface area contributed by atoms with Crippen LogP contribution >= 0.6 is 11.3 Å². The Morgan fingerprint density at radius 3 is 2.74 bits per heavy atom. The van der Waals surface area contributed by atoms with Gasteiger partial charge in [-0.15, -0.1) is 11.3 Å². The molecule has 136 valence electrons. The number of aryl methyl sites for hydroxylation is 1. The number of aromatic nitrogens is 2. The fourth-order valence-corrected chi connectivity index (χ4v) is 3.83. The summed E-state index contributed by atoms with van der Waals surface area (Å²) in [4.78, 5) is 17.9. The maximum atomic E-state index is 13.1. The van der Waals surface area contributed by atoms with Crippen molar-refractivity contribution in [1.82, 2.24) is 9.38 Å². The highest BCUT2D eigenvalue weighted by molar-refractivity contribution is 7.15. The van der Waals surface area contributed by atoms with Crippen molar-refractivity contribution in [3.05, 3.63) is 76.7 Å². The normalized spacial score (nSPS) is 11.1. The summed E-state index contributed by atoms with van der Waals surface area (Å²) >= 11 is 1.48. The van der Waals surface area contributed by atoms with Crippen molar-refractivity contribution < 1.29 is 9.18 Å². The van der Waals surface area contributed by atoms with Gasteiger partial charge in [0.2, 0.25) is 5.91 Å². The van der Waals surface area contributed by atoms with E-state index in [1.165, 1.54) is 23.5 Å². The predicted molar refractivity (Wildman–Crippen MR) is 107 cm³/mol. The Morgan fingerprint density at radius 1 is 1.19 bits per heavy atom. The summed E-state index contributed by atoms with van der Waals surface area (Å²) in [5.74, 6) is -0.344. The first-order chi connectivity index (χ1) is 13.0. The number of fused-ring (bicyclic) bond motifs is 1. The van der Waals surface area contributed by atoms with Gasteiger partial charge in [0.15, 0.2) is 4.96 Å². The number of benzene rings is 2. The molecule has 2 aromatic carbocycles. The number of hydrogen-bond acceptors (Lipinski definition) is 3. The van der Waals surface area contributed by atoms with Gasteiger partial charge in [-0.3, -0.25) is 9.20 Å². The van der Waals surface area contributed by atoms with E-state index in [0.717, 1.165) is 38.7 Å². The van der Waals surface area contributed by atoms with Crippen LogP contribution in [0, 0.1) is 19.7 Å². The molecule has 0 fully saturated rings. The summed E-state index contributed by atoms with van der Waals surface area (Å²) < 4.78 is 15.0. The second-order valence-corrected chi connectivity index (χ2v) is 7.32. The van der Waals surface area contributed by atoms with Gasteiger partial charge in [-0.1, -0.05) is 12.1 Å². The molecule has 2 aromatic heterocycles. The van der Waals surface area contributed by atoms with Gasteiger partial charge < -0.3 is 5.32 Å². The average Bonchev–Trinajstić information content (AvgIpc) is 3.22. The summed E-state index contributed by atoms with van der Waals surface area (Å²) in [6.07, 6.45) is 2.15. The van der Waals surface area contributed by atoms with Crippen LogP contribution < -0.4 is 5.32 Å². The van der Waals surface area contributed by atoms with E-state index in [4.69, 9.17) is 0 Å². The molecule has 0 unspecified atom stereocenters. The molecule has 0 aliphatic heterocycles. The Balaban J connectivity index is 1.56. The monoisotopic (exact) mass is 379 g/mol. The van der Waals surface area contributed by atoms with Crippen LogP contribution in [0.15, 0.2) is 54.0 Å². The van der Waals surface area contributed by atoms with Gasteiger partial charge in [0.05, 0.1) is 12.1 Å². The number of thiazole rings is 1. The number of amides is 1. The Labute approximate surface area is 160 Å². The molecule has 6 heteroatoms. The first kappa shape index (κ1) is 17.4. The quantitative estimate of drug-likeness (QED) is 0.542. The van der Waals surface area contributed by atoms with Gasteiger partial charge in [-0.2, -0.15) is 0 Å². The molecule has 4 rings (SSSR count). The second kappa shape index (κ2) is 6.96. The number of anilines is 1. The van der Waals surface area contributed by atoms with E-state index < -0.39 is 0 Å². The van der Waals surface area contributed by atoms with E-state index in [9.17, 15) is 9.18 Å². The third-order valence-electron chi connectivity index (χ3n) is 4.64. The van der Waals surface area contributed by atoms with Crippen molar-refractivity contribution in [1.29, 1.82) is 0 Å². The molecule has 0 radical (unpaired) electrons. The van der Waals surface area contributed by atoms with E-state index in [0.29, 0.717) is 0 Å². The Hall–Kier alpha value is -2.99. The first-order valence-electron chi connectivity index (χ1n) is 8.59. The number of halogens is 1. The molecule has 1 N–H and O–H groups in total. The van der Waals surface area contributed by atoms with Crippen LogP contribution in [-0.2, 0) is 11.2 Å². The van der Waals surface area contributed by atoms with E-state index in [2.05, 4.69) is 10.3 Å². The van der Waals surface area contributed by atoms with Crippen molar-refractivity contribution >= 4 is 27.9 Å². The molecule has 0 bridgehead atoms. The standard InChI is InChI=1S/C21H18FN3OS/c1-13-4-3-5-18(14(13)2)23-20(26)10-17-12-27-21-24-19(11-25(17)21)15-6-8-16(22)9-7-15/h3-9,11-12H,10H2,1-2H3,(H,23,26). The number of nitrogens with one attached hydrogen (secondary N) is 1. The number of hydrogen-bond donors (Lipinski definition) is 1. The SMILES string of the molecule is Cc1cccc(NC(=O)Cc2csc3nc(-c4ccc(F)cc4)cn23)c1C. The summed E-state index contributed by atoms with van der Waals surface area (Å²) in [5.41, 5.74) is 5.53. The highest BCUT2D eigenvalue weighted by Crippen LogP contribution is 2.25. The first-order valence-corrected chi connectivity index (χ1v) is 9.47. The van der Waals surface area contributed by atoms with Gasteiger partial charge in [-0.05, 0) is 55.3 Å². The number of nitrogens with zero attached hydrogens (tertiary/aromatic N) is 2. The molecular weight excluding hydrogens is 361 g/mol. The molecule has 0 aliphatic rings. The lowest BCUT2D eigenvalue weighted by Crippen LogP contribution is -2.16. The average molecular weight is 379 g/mol. The topological polar surface area (TPSA) is 46.4 Å². The molecular formula is C21H18FN3OS. The maximum absolute atomic E-state index is 13.1. The van der Waals surface area contributed by atoms with Crippen molar-refractivity contribution in [3.8, 4) is 11.3 Å². The molecule has 27 heavy (non-hydrogen) atoms. The lowest BCUT2D eigenvalue weighted by molar-refractivity contribution is -0.115. The Morgan fingerprint density at radius 2 is 1.96 bits per heavy atom. The van der Waals surface area contributed by atoms with E-state index in [-0.39, 0.29) is 18.1 Å². The van der Waals surface area contributed by atoms with Crippen LogP contribution in [0.1, 0.15) is 16.8 Å². The number of rotatable bonds is 4. The zero-order chi connectivity index (χ0) is 19.0. The van der Waals surface area contributed by atoms with Gasteiger partial charge in [0.25, 0.3) is 0 Å². The minimum absolute atomic E-state index is 0.0690. The maximum Gasteiger partial charge on any atom is 0.230 e. The van der Waals surface area contributed by atoms with Gasteiger partial charge in [-0.25, -0.2) is 9.37 Å². The Kier molecular flexibility index (Phi) is 4.49. The number of carbonyl (C=O) groups is 1. The molecule has 0 spiro atoms. The smallest absolute Gasteiger partial charge is 0.230 e. The third kappa shape index (κ3) is 3.48. The highest BCUT2D eigenvalue weighted by Gasteiger charge is 2.13. The molecule has 0 aliphatic carbocycles. The van der Waals surface area contributed by atoms with Crippen molar-refractivity contribution in [2.75, 3.05) is 5.32 Å². The van der Waals surface area contributed by atoms with E-state index in [1.54, 1.807) is 12.1 Å². The minimum atomic E-state index is -0.274. The molecule has 0 saturated carbocycles. The molecule has 0 saturated heterocycles. The lowest BCUT2D eigenvalue weighted by atomic mass is 10.1. The lowest BCUT2D eigenvalue weighted by Gasteiger charge is -2.10. The zero-order valence-electron chi connectivity index (χ0n) is 15.0. The number of imidazole rings is 1. The minimum Gasteiger partial charge on any atom is -0.326 e. The molecule has 4 nitrogen and oxygen atoms in total. The largest absolute Gasteiger partial charge is 0.326 e. The van der Waals surface area contributed by atoms with Crippen molar-refractivity contribution in [3.63, 3.8) is 0 Å². The molecule has 4 aromatic rings. The van der Waals surface area contributed by atoms with Crippen LogP contribution in [0.4, 0.5) is 10.1 Å². The predicted octanol–water partition coefficient (Wildman–Crippen LogP) is 5.00. The van der Waals surface area contributed by atoms with Crippen LogP contribution in [0.3, 0.4) is 0 Å². The summed E-state index contributed by atoms with van der Waals surface area (Å²) in [5, 5.41) is 4.93. The fraction of sp³-hybridized carbons (Fsp3) is 0.143. The van der Waals surface area contributed by atoms with Crippen LogP contribution in [0.2, 0.25) is 0 Å².